The lowest BCUT2D eigenvalue weighted by Crippen LogP contribution is -2.11. The Morgan fingerprint density at radius 2 is 1.70 bits per heavy atom. The summed E-state index contributed by atoms with van der Waals surface area (Å²) in [7, 11) is 0. The molecule has 0 atom stereocenters. The number of hydrogen-bond donors (Lipinski definition) is 2. The molecule has 1 amide bonds. The lowest BCUT2D eigenvalue weighted by atomic mass is 10.1. The Kier molecular flexibility index (Phi) is 4.91. The van der Waals surface area contributed by atoms with E-state index < -0.39 is 0 Å². The van der Waals surface area contributed by atoms with Crippen LogP contribution in [-0.2, 0) is 5.33 Å². The fraction of sp³-hybridized carbons (Fsp3) is 0.0714. The highest BCUT2D eigenvalue weighted by Crippen LogP contribution is 2.34. The molecule has 2 rings (SSSR count). The van der Waals surface area contributed by atoms with Crippen molar-refractivity contribution in [2.75, 3.05) is 5.32 Å². The van der Waals surface area contributed by atoms with Gasteiger partial charge in [0.1, 0.15) is 0 Å². The molecule has 3 nitrogen and oxygen atoms in total. The average Bonchev–Trinajstić information content (AvgIpc) is 2.44. The first-order chi connectivity index (χ1) is 9.51. The molecule has 0 heterocycles. The summed E-state index contributed by atoms with van der Waals surface area (Å²) in [6, 6.07) is 10.1. The van der Waals surface area contributed by atoms with Gasteiger partial charge in [0.05, 0.1) is 10.0 Å². The van der Waals surface area contributed by atoms with Crippen LogP contribution >= 0.6 is 39.1 Å². The summed E-state index contributed by atoms with van der Waals surface area (Å²) >= 11 is 14.9. The Bertz CT molecular complexity index is 621. The molecule has 0 fully saturated rings. The van der Waals surface area contributed by atoms with Crippen LogP contribution in [0.1, 0.15) is 15.9 Å². The standard InChI is InChI=1S/C14H10BrCl2NO2/c15-7-8-1-3-9(4-2-8)14(20)18-10-5-11(16)13(19)12(17)6-10/h1-6,19H,7H2,(H,18,20). The molecule has 0 aliphatic heterocycles. The second-order valence-corrected chi connectivity index (χ2v) is 5.45. The normalized spacial score (nSPS) is 10.3. The fourth-order valence-electron chi connectivity index (χ4n) is 1.59. The van der Waals surface area contributed by atoms with E-state index in [0.29, 0.717) is 11.3 Å². The third kappa shape index (κ3) is 3.45. The first kappa shape index (κ1) is 15.2. The summed E-state index contributed by atoms with van der Waals surface area (Å²) < 4.78 is 0. The molecule has 6 heteroatoms. The number of alkyl halides is 1. The molecular weight excluding hydrogens is 365 g/mol. The molecule has 0 spiro atoms. The SMILES string of the molecule is O=C(Nc1cc(Cl)c(O)c(Cl)c1)c1ccc(CBr)cc1. The highest BCUT2D eigenvalue weighted by Gasteiger charge is 2.10. The number of hydrogen-bond acceptors (Lipinski definition) is 2. The highest BCUT2D eigenvalue weighted by molar-refractivity contribution is 9.08. The van der Waals surface area contributed by atoms with Crippen LogP contribution in [0.15, 0.2) is 36.4 Å². The van der Waals surface area contributed by atoms with Crippen molar-refractivity contribution in [2.24, 2.45) is 0 Å². The topological polar surface area (TPSA) is 49.3 Å². The van der Waals surface area contributed by atoms with Crippen LogP contribution in [0.4, 0.5) is 5.69 Å². The van der Waals surface area contributed by atoms with Crippen LogP contribution in [0.3, 0.4) is 0 Å². The zero-order valence-corrected chi connectivity index (χ0v) is 13.3. The van der Waals surface area contributed by atoms with E-state index in [1.165, 1.54) is 12.1 Å². The number of carbonyl (C=O) groups is 1. The van der Waals surface area contributed by atoms with Gasteiger partial charge in [-0.2, -0.15) is 0 Å². The number of phenols is 1. The molecule has 0 unspecified atom stereocenters. The molecular formula is C14H10BrCl2NO2. The van der Waals surface area contributed by atoms with Crippen molar-refractivity contribution in [3.05, 3.63) is 57.6 Å². The molecule has 0 aliphatic carbocycles. The van der Waals surface area contributed by atoms with Gasteiger partial charge in [-0.3, -0.25) is 4.79 Å². The molecule has 2 aromatic rings. The maximum absolute atomic E-state index is 12.0. The smallest absolute Gasteiger partial charge is 0.255 e. The highest BCUT2D eigenvalue weighted by atomic mass is 79.9. The largest absolute Gasteiger partial charge is 0.505 e. The van der Waals surface area contributed by atoms with Gasteiger partial charge < -0.3 is 10.4 Å². The van der Waals surface area contributed by atoms with Gasteiger partial charge in [0, 0.05) is 16.6 Å². The van der Waals surface area contributed by atoms with Crippen LogP contribution in [0.5, 0.6) is 5.75 Å². The minimum atomic E-state index is -0.274. The number of carbonyl (C=O) groups excluding carboxylic acids is 1. The van der Waals surface area contributed by atoms with Gasteiger partial charge in [0.2, 0.25) is 0 Å². The Balaban J connectivity index is 2.18. The van der Waals surface area contributed by atoms with E-state index in [0.717, 1.165) is 10.9 Å². The lowest BCUT2D eigenvalue weighted by molar-refractivity contribution is 0.102. The molecule has 20 heavy (non-hydrogen) atoms. The van der Waals surface area contributed by atoms with E-state index in [1.807, 2.05) is 12.1 Å². The lowest BCUT2D eigenvalue weighted by Gasteiger charge is -2.08. The third-order valence-corrected chi connectivity index (χ3v) is 3.87. The van der Waals surface area contributed by atoms with Crippen LogP contribution in [-0.4, -0.2) is 11.0 Å². The fourth-order valence-corrected chi connectivity index (χ4v) is 2.45. The van der Waals surface area contributed by atoms with E-state index in [1.54, 1.807) is 12.1 Å². The number of anilines is 1. The average molecular weight is 375 g/mol. The van der Waals surface area contributed by atoms with E-state index in [2.05, 4.69) is 21.2 Å². The molecule has 2 N–H and O–H groups in total. The van der Waals surface area contributed by atoms with Crippen molar-refractivity contribution in [1.82, 2.24) is 0 Å². The van der Waals surface area contributed by atoms with E-state index in [4.69, 9.17) is 23.2 Å². The Hall–Kier alpha value is -1.23. The number of aromatic hydroxyl groups is 1. The number of phenolic OH excluding ortho intramolecular Hbond substituents is 1. The van der Waals surface area contributed by atoms with Gasteiger partial charge in [-0.25, -0.2) is 0 Å². The van der Waals surface area contributed by atoms with Crippen LogP contribution < -0.4 is 5.32 Å². The van der Waals surface area contributed by atoms with E-state index in [-0.39, 0.29) is 21.7 Å². The summed E-state index contributed by atoms with van der Waals surface area (Å²) in [5, 5.41) is 13.0. The number of halogens is 3. The number of rotatable bonds is 3. The third-order valence-electron chi connectivity index (χ3n) is 2.65. The van der Waals surface area contributed by atoms with Crippen molar-refractivity contribution >= 4 is 50.7 Å². The minimum absolute atomic E-state index is 0.0856. The maximum atomic E-state index is 12.0. The summed E-state index contributed by atoms with van der Waals surface area (Å²) in [6.45, 7) is 0. The predicted octanol–water partition coefficient (Wildman–Crippen LogP) is 4.85. The summed E-state index contributed by atoms with van der Waals surface area (Å²) in [4.78, 5) is 12.0. The Morgan fingerprint density at radius 3 is 2.20 bits per heavy atom. The molecule has 0 radical (unpaired) electrons. The van der Waals surface area contributed by atoms with Crippen LogP contribution in [0.25, 0.3) is 0 Å². The van der Waals surface area contributed by atoms with Gasteiger partial charge in [-0.05, 0) is 29.8 Å². The van der Waals surface area contributed by atoms with Crippen molar-refractivity contribution in [2.45, 2.75) is 5.33 Å². The number of benzene rings is 2. The molecule has 0 aromatic heterocycles. The summed E-state index contributed by atoms with van der Waals surface area (Å²) in [5.74, 6) is -0.475. The van der Waals surface area contributed by atoms with Crippen molar-refractivity contribution < 1.29 is 9.90 Å². The van der Waals surface area contributed by atoms with Crippen molar-refractivity contribution in [1.29, 1.82) is 0 Å². The van der Waals surface area contributed by atoms with E-state index >= 15 is 0 Å². The molecule has 104 valence electrons. The zero-order chi connectivity index (χ0) is 14.7. The summed E-state index contributed by atoms with van der Waals surface area (Å²) in [6.07, 6.45) is 0. The van der Waals surface area contributed by atoms with Gasteiger partial charge >= 0.3 is 0 Å². The maximum Gasteiger partial charge on any atom is 0.255 e. The van der Waals surface area contributed by atoms with Crippen LogP contribution in [0, 0.1) is 0 Å². The molecule has 2 aromatic carbocycles. The van der Waals surface area contributed by atoms with Crippen LogP contribution in [0.2, 0.25) is 10.0 Å². The van der Waals surface area contributed by atoms with Gasteiger partial charge in [-0.1, -0.05) is 51.3 Å². The quantitative estimate of drug-likeness (QED) is 0.596. The van der Waals surface area contributed by atoms with Gasteiger partial charge in [0.25, 0.3) is 5.91 Å². The second-order valence-electron chi connectivity index (χ2n) is 4.07. The predicted molar refractivity (Wildman–Crippen MR) is 85.2 cm³/mol. The zero-order valence-electron chi connectivity index (χ0n) is 10.2. The molecule has 0 saturated heterocycles. The first-order valence-corrected chi connectivity index (χ1v) is 7.53. The minimum Gasteiger partial charge on any atom is -0.505 e. The van der Waals surface area contributed by atoms with Crippen molar-refractivity contribution in [3.63, 3.8) is 0 Å². The van der Waals surface area contributed by atoms with Gasteiger partial charge in [-0.15, -0.1) is 0 Å². The molecule has 0 aliphatic rings. The van der Waals surface area contributed by atoms with Gasteiger partial charge in [0.15, 0.2) is 5.75 Å². The van der Waals surface area contributed by atoms with Crippen molar-refractivity contribution in [3.8, 4) is 5.75 Å². The Morgan fingerprint density at radius 1 is 1.15 bits per heavy atom. The number of nitrogens with one attached hydrogen (secondary N) is 1. The first-order valence-electron chi connectivity index (χ1n) is 5.65. The molecule has 0 saturated carbocycles. The monoisotopic (exact) mass is 373 g/mol. The Labute approximate surface area is 134 Å². The summed E-state index contributed by atoms with van der Waals surface area (Å²) in [5.41, 5.74) is 2.03. The van der Waals surface area contributed by atoms with E-state index in [9.17, 15) is 9.90 Å². The second kappa shape index (κ2) is 6.48. The number of amides is 1. The molecule has 0 bridgehead atoms.